The Kier molecular flexibility index (Phi) is 5.51. The first-order valence-electron chi connectivity index (χ1n) is 8.87. The Labute approximate surface area is 148 Å². The number of benzene rings is 1. The molecule has 0 radical (unpaired) electrons. The summed E-state index contributed by atoms with van der Waals surface area (Å²) in [5.41, 5.74) is 2.63. The van der Waals surface area contributed by atoms with Gasteiger partial charge in [0, 0.05) is 42.2 Å². The standard InChI is InChI=1S/C19H27N3OS/c1-4-21(5-2)17(23)13-22-16-9-7-6-8-15(16)18-14(12-20-3)10-11-24-19(18)22/h6-9,14,20H,4-5,10-13H2,1-3H3. The Bertz CT molecular complexity index is 721. The van der Waals surface area contributed by atoms with E-state index in [1.54, 1.807) is 0 Å². The summed E-state index contributed by atoms with van der Waals surface area (Å²) in [4.78, 5) is 14.6. The minimum atomic E-state index is 0.208. The molecule has 0 saturated carbocycles. The van der Waals surface area contributed by atoms with Gasteiger partial charge in [0.05, 0.1) is 5.03 Å². The van der Waals surface area contributed by atoms with Crippen LogP contribution in [0, 0.1) is 0 Å². The summed E-state index contributed by atoms with van der Waals surface area (Å²) in [5, 5.41) is 5.94. The van der Waals surface area contributed by atoms with Crippen molar-refractivity contribution in [2.24, 2.45) is 0 Å². The number of likely N-dealkylation sites (N-methyl/N-ethyl adjacent to an activating group) is 2. The summed E-state index contributed by atoms with van der Waals surface area (Å²) >= 11 is 1.90. The molecule has 24 heavy (non-hydrogen) atoms. The predicted octanol–water partition coefficient (Wildman–Crippen LogP) is 3.31. The molecule has 0 spiro atoms. The number of hydrogen-bond donors (Lipinski definition) is 1. The number of fused-ring (bicyclic) bond motifs is 3. The fourth-order valence-electron chi connectivity index (χ4n) is 3.72. The Morgan fingerprint density at radius 1 is 1.33 bits per heavy atom. The number of aromatic nitrogens is 1. The molecule has 0 fully saturated rings. The number of nitrogens with one attached hydrogen (secondary N) is 1. The van der Waals surface area contributed by atoms with E-state index in [4.69, 9.17) is 0 Å². The van der Waals surface area contributed by atoms with Gasteiger partial charge in [-0.3, -0.25) is 4.79 Å². The molecule has 0 saturated heterocycles. The van der Waals surface area contributed by atoms with Crippen molar-refractivity contribution in [2.75, 3.05) is 32.4 Å². The maximum Gasteiger partial charge on any atom is 0.242 e. The number of amides is 1. The van der Waals surface area contributed by atoms with Gasteiger partial charge in [0.1, 0.15) is 6.54 Å². The number of carbonyl (C=O) groups is 1. The van der Waals surface area contributed by atoms with Gasteiger partial charge in [-0.25, -0.2) is 0 Å². The van der Waals surface area contributed by atoms with Crippen LogP contribution in [0.5, 0.6) is 0 Å². The Morgan fingerprint density at radius 3 is 2.79 bits per heavy atom. The second kappa shape index (κ2) is 7.62. The number of carbonyl (C=O) groups excluding carboxylic acids is 1. The van der Waals surface area contributed by atoms with E-state index < -0.39 is 0 Å². The molecule has 2 aromatic rings. The van der Waals surface area contributed by atoms with Crippen molar-refractivity contribution < 1.29 is 4.79 Å². The fraction of sp³-hybridized carbons (Fsp3) is 0.526. The third-order valence-electron chi connectivity index (χ3n) is 4.93. The van der Waals surface area contributed by atoms with E-state index in [1.165, 1.54) is 27.9 Å². The van der Waals surface area contributed by atoms with Gasteiger partial charge in [-0.2, -0.15) is 0 Å². The van der Waals surface area contributed by atoms with Crippen LogP contribution in [-0.2, 0) is 11.3 Å². The molecular formula is C19H27N3OS. The van der Waals surface area contributed by atoms with Crippen LogP contribution in [0.15, 0.2) is 29.3 Å². The predicted molar refractivity (Wildman–Crippen MR) is 102 cm³/mol. The first-order chi connectivity index (χ1) is 11.7. The van der Waals surface area contributed by atoms with E-state index in [-0.39, 0.29) is 5.91 Å². The highest BCUT2D eigenvalue weighted by Gasteiger charge is 2.28. The lowest BCUT2D eigenvalue weighted by atomic mass is 9.95. The van der Waals surface area contributed by atoms with Crippen molar-refractivity contribution in [3.63, 3.8) is 0 Å². The average molecular weight is 346 g/mol. The average Bonchev–Trinajstić information content (AvgIpc) is 2.92. The normalized spacial score (nSPS) is 17.0. The number of nitrogens with zero attached hydrogens (tertiary/aromatic N) is 2. The summed E-state index contributed by atoms with van der Waals surface area (Å²) in [6, 6.07) is 8.54. The van der Waals surface area contributed by atoms with Crippen LogP contribution in [0.4, 0.5) is 0 Å². The van der Waals surface area contributed by atoms with Crippen LogP contribution < -0.4 is 5.32 Å². The lowest BCUT2D eigenvalue weighted by molar-refractivity contribution is -0.131. The molecule has 1 aromatic heterocycles. The minimum absolute atomic E-state index is 0.208. The summed E-state index contributed by atoms with van der Waals surface area (Å²) in [5.74, 6) is 1.86. The van der Waals surface area contributed by atoms with Crippen molar-refractivity contribution in [2.45, 2.75) is 37.8 Å². The van der Waals surface area contributed by atoms with Crippen molar-refractivity contribution in [3.8, 4) is 0 Å². The highest BCUT2D eigenvalue weighted by Crippen LogP contribution is 2.43. The summed E-state index contributed by atoms with van der Waals surface area (Å²) < 4.78 is 2.25. The molecule has 1 amide bonds. The zero-order valence-corrected chi connectivity index (χ0v) is 15.7. The molecule has 1 aliphatic heterocycles. The lowest BCUT2D eigenvalue weighted by Gasteiger charge is -2.25. The maximum absolute atomic E-state index is 12.7. The second-order valence-corrected chi connectivity index (χ2v) is 7.36. The van der Waals surface area contributed by atoms with Crippen molar-refractivity contribution in [1.29, 1.82) is 0 Å². The summed E-state index contributed by atoms with van der Waals surface area (Å²) in [6.07, 6.45) is 1.19. The smallest absolute Gasteiger partial charge is 0.242 e. The molecule has 1 N–H and O–H groups in total. The van der Waals surface area contributed by atoms with Crippen molar-refractivity contribution in [1.82, 2.24) is 14.8 Å². The Hall–Kier alpha value is -1.46. The van der Waals surface area contributed by atoms with Gasteiger partial charge in [0.15, 0.2) is 0 Å². The molecule has 5 heteroatoms. The van der Waals surface area contributed by atoms with Crippen LogP contribution in [-0.4, -0.2) is 47.8 Å². The van der Waals surface area contributed by atoms with Crippen LogP contribution in [0.2, 0.25) is 0 Å². The number of rotatable bonds is 6. The molecular weight excluding hydrogens is 318 g/mol. The molecule has 2 heterocycles. The van der Waals surface area contributed by atoms with E-state index in [9.17, 15) is 4.79 Å². The topological polar surface area (TPSA) is 37.3 Å². The van der Waals surface area contributed by atoms with Gasteiger partial charge in [-0.05, 0) is 38.9 Å². The van der Waals surface area contributed by atoms with Crippen LogP contribution in [0.1, 0.15) is 31.7 Å². The molecule has 1 unspecified atom stereocenters. The molecule has 1 aliphatic rings. The summed E-state index contributed by atoms with van der Waals surface area (Å²) in [7, 11) is 2.02. The number of thioether (sulfide) groups is 1. The zero-order chi connectivity index (χ0) is 17.1. The van der Waals surface area contributed by atoms with Crippen LogP contribution in [0.3, 0.4) is 0 Å². The van der Waals surface area contributed by atoms with E-state index in [0.717, 1.165) is 25.4 Å². The van der Waals surface area contributed by atoms with Gasteiger partial charge < -0.3 is 14.8 Å². The number of para-hydroxylation sites is 1. The highest BCUT2D eigenvalue weighted by molar-refractivity contribution is 7.99. The zero-order valence-electron chi connectivity index (χ0n) is 14.8. The number of hydrogen-bond acceptors (Lipinski definition) is 3. The van der Waals surface area contributed by atoms with Gasteiger partial charge in [-0.1, -0.05) is 18.2 Å². The maximum atomic E-state index is 12.7. The van der Waals surface area contributed by atoms with Crippen molar-refractivity contribution in [3.05, 3.63) is 29.8 Å². The largest absolute Gasteiger partial charge is 0.342 e. The van der Waals surface area contributed by atoms with E-state index >= 15 is 0 Å². The second-order valence-electron chi connectivity index (χ2n) is 6.28. The monoisotopic (exact) mass is 345 g/mol. The first kappa shape index (κ1) is 17.4. The lowest BCUT2D eigenvalue weighted by Crippen LogP contribution is -2.33. The van der Waals surface area contributed by atoms with E-state index in [0.29, 0.717) is 12.5 Å². The van der Waals surface area contributed by atoms with Crippen LogP contribution >= 0.6 is 11.8 Å². The Morgan fingerprint density at radius 2 is 2.08 bits per heavy atom. The molecule has 130 valence electrons. The van der Waals surface area contributed by atoms with Crippen LogP contribution in [0.25, 0.3) is 10.9 Å². The minimum Gasteiger partial charge on any atom is -0.342 e. The third kappa shape index (κ3) is 3.07. The van der Waals surface area contributed by atoms with E-state index in [1.807, 2.05) is 37.6 Å². The molecule has 3 rings (SSSR count). The molecule has 4 nitrogen and oxygen atoms in total. The Balaban J connectivity index is 2.07. The van der Waals surface area contributed by atoms with Gasteiger partial charge in [0.25, 0.3) is 0 Å². The third-order valence-corrected chi connectivity index (χ3v) is 6.09. The molecule has 0 bridgehead atoms. The van der Waals surface area contributed by atoms with Gasteiger partial charge in [-0.15, -0.1) is 11.8 Å². The van der Waals surface area contributed by atoms with E-state index in [2.05, 4.69) is 34.1 Å². The molecule has 1 atom stereocenters. The van der Waals surface area contributed by atoms with Gasteiger partial charge in [0.2, 0.25) is 5.91 Å². The summed E-state index contributed by atoms with van der Waals surface area (Å²) in [6.45, 7) is 7.06. The molecule has 0 aliphatic carbocycles. The van der Waals surface area contributed by atoms with Gasteiger partial charge >= 0.3 is 0 Å². The highest BCUT2D eigenvalue weighted by atomic mass is 32.2. The van der Waals surface area contributed by atoms with Crippen molar-refractivity contribution >= 4 is 28.6 Å². The SMILES string of the molecule is CCN(CC)C(=O)Cn1c2c(c3ccccc31)C(CNC)CCS2. The quantitative estimate of drug-likeness (QED) is 0.873. The molecule has 1 aromatic carbocycles. The fourth-order valence-corrected chi connectivity index (χ4v) is 5.06. The first-order valence-corrected chi connectivity index (χ1v) is 9.86.